The van der Waals surface area contributed by atoms with Crippen molar-refractivity contribution in [1.82, 2.24) is 19.7 Å². The number of rotatable bonds is 6. The van der Waals surface area contributed by atoms with Gasteiger partial charge in [0.2, 0.25) is 0 Å². The van der Waals surface area contributed by atoms with Gasteiger partial charge in [0.05, 0.1) is 23.4 Å². The number of hydrogen-bond acceptors (Lipinski definition) is 6. The fourth-order valence-corrected chi connectivity index (χ4v) is 3.80. The summed E-state index contributed by atoms with van der Waals surface area (Å²) < 4.78 is 6.78. The zero-order valence-corrected chi connectivity index (χ0v) is 15.7. The van der Waals surface area contributed by atoms with Gasteiger partial charge < -0.3 is 4.74 Å². The number of nitrogens with zero attached hydrogens (tertiary/aromatic N) is 3. The van der Waals surface area contributed by atoms with Crippen molar-refractivity contribution in [2.24, 2.45) is 0 Å². The third-order valence-electron chi connectivity index (χ3n) is 4.08. The molecule has 0 aliphatic carbocycles. The smallest absolute Gasteiger partial charge is 0.343 e. The maximum absolute atomic E-state index is 12.5. The standard InChI is InChI=1S/C18H20N4O3S/c1-4-22-17(24)20-21-18(22)26-10-14-15(16(23)25-5-2)11(3)12-8-6-7-9-13(12)19-14/h6-9H,4-5,10H2,1-3H3,(H,20,24). The van der Waals surface area contributed by atoms with E-state index in [-0.39, 0.29) is 11.7 Å². The Hall–Kier alpha value is -2.61. The van der Waals surface area contributed by atoms with Gasteiger partial charge >= 0.3 is 11.7 Å². The summed E-state index contributed by atoms with van der Waals surface area (Å²) in [6.45, 7) is 6.38. The first-order valence-electron chi connectivity index (χ1n) is 8.40. The maximum atomic E-state index is 12.5. The van der Waals surface area contributed by atoms with E-state index in [1.807, 2.05) is 38.1 Å². The highest BCUT2D eigenvalue weighted by Crippen LogP contribution is 2.28. The van der Waals surface area contributed by atoms with Gasteiger partial charge in [-0.1, -0.05) is 30.0 Å². The van der Waals surface area contributed by atoms with E-state index in [0.29, 0.717) is 35.3 Å². The molecular weight excluding hydrogens is 352 g/mol. The molecule has 26 heavy (non-hydrogen) atoms. The molecular formula is C18H20N4O3S. The largest absolute Gasteiger partial charge is 0.462 e. The lowest BCUT2D eigenvalue weighted by Gasteiger charge is -2.13. The van der Waals surface area contributed by atoms with Crippen LogP contribution in [0.4, 0.5) is 0 Å². The second-order valence-corrected chi connectivity index (χ2v) is 6.58. The average molecular weight is 372 g/mol. The van der Waals surface area contributed by atoms with Crippen LogP contribution in [0.1, 0.15) is 35.5 Å². The van der Waals surface area contributed by atoms with Gasteiger partial charge in [-0.3, -0.25) is 9.55 Å². The minimum absolute atomic E-state index is 0.247. The molecule has 0 atom stereocenters. The highest BCUT2D eigenvalue weighted by Gasteiger charge is 2.20. The Morgan fingerprint density at radius 1 is 1.31 bits per heavy atom. The summed E-state index contributed by atoms with van der Waals surface area (Å²) in [6, 6.07) is 7.70. The number of para-hydroxylation sites is 1. The van der Waals surface area contributed by atoms with Crippen molar-refractivity contribution in [3.05, 3.63) is 51.6 Å². The lowest BCUT2D eigenvalue weighted by atomic mass is 10.0. The molecule has 3 aromatic rings. The number of aromatic nitrogens is 4. The summed E-state index contributed by atoms with van der Waals surface area (Å²) in [6.07, 6.45) is 0. The molecule has 0 saturated carbocycles. The van der Waals surface area contributed by atoms with Crippen molar-refractivity contribution in [2.75, 3.05) is 6.61 Å². The molecule has 2 heterocycles. The molecule has 0 amide bonds. The quantitative estimate of drug-likeness (QED) is 0.528. The maximum Gasteiger partial charge on any atom is 0.343 e. The van der Waals surface area contributed by atoms with E-state index < -0.39 is 0 Å². The second kappa shape index (κ2) is 7.74. The van der Waals surface area contributed by atoms with Crippen molar-refractivity contribution in [2.45, 2.75) is 38.2 Å². The minimum atomic E-state index is -0.381. The zero-order chi connectivity index (χ0) is 18.7. The first-order chi connectivity index (χ1) is 12.6. The van der Waals surface area contributed by atoms with Gasteiger partial charge in [0.1, 0.15) is 0 Å². The van der Waals surface area contributed by atoms with Crippen LogP contribution in [-0.2, 0) is 17.0 Å². The topological polar surface area (TPSA) is 89.9 Å². The molecule has 0 fully saturated rings. The van der Waals surface area contributed by atoms with Gasteiger partial charge in [-0.15, -0.1) is 5.10 Å². The van der Waals surface area contributed by atoms with E-state index in [1.165, 1.54) is 11.8 Å². The fourth-order valence-electron chi connectivity index (χ4n) is 2.84. The van der Waals surface area contributed by atoms with Gasteiger partial charge in [-0.2, -0.15) is 0 Å². The molecule has 8 heteroatoms. The van der Waals surface area contributed by atoms with Gasteiger partial charge in [0, 0.05) is 17.7 Å². The Morgan fingerprint density at radius 3 is 2.81 bits per heavy atom. The van der Waals surface area contributed by atoms with Crippen molar-refractivity contribution in [1.29, 1.82) is 0 Å². The molecule has 1 N–H and O–H groups in total. The van der Waals surface area contributed by atoms with E-state index >= 15 is 0 Å². The Balaban J connectivity index is 2.04. The number of carbonyl (C=O) groups excluding carboxylic acids is 1. The SMILES string of the molecule is CCOC(=O)c1c(CSc2n[nH]c(=O)n2CC)nc2ccccc2c1C. The van der Waals surface area contributed by atoms with Gasteiger partial charge in [-0.05, 0) is 32.4 Å². The molecule has 1 aromatic carbocycles. The summed E-state index contributed by atoms with van der Waals surface area (Å²) in [7, 11) is 0. The number of hydrogen-bond donors (Lipinski definition) is 1. The number of aryl methyl sites for hydroxylation is 1. The van der Waals surface area contributed by atoms with Crippen molar-refractivity contribution in [3.63, 3.8) is 0 Å². The third kappa shape index (κ3) is 3.37. The van der Waals surface area contributed by atoms with Crippen LogP contribution in [-0.4, -0.2) is 32.3 Å². The van der Waals surface area contributed by atoms with E-state index in [2.05, 4.69) is 15.2 Å². The predicted octanol–water partition coefficient (Wildman–Crippen LogP) is 2.92. The molecule has 136 valence electrons. The van der Waals surface area contributed by atoms with Crippen LogP contribution in [0.2, 0.25) is 0 Å². The Bertz CT molecular complexity index is 1010. The van der Waals surface area contributed by atoms with Gasteiger partial charge in [0.15, 0.2) is 5.16 Å². The fraction of sp³-hybridized carbons (Fsp3) is 0.333. The summed E-state index contributed by atoms with van der Waals surface area (Å²) in [5, 5.41) is 7.98. The molecule has 3 rings (SSSR count). The Morgan fingerprint density at radius 2 is 2.08 bits per heavy atom. The number of ether oxygens (including phenoxy) is 1. The van der Waals surface area contributed by atoms with Crippen LogP contribution in [0.3, 0.4) is 0 Å². The Kier molecular flexibility index (Phi) is 5.41. The molecule has 0 spiro atoms. The van der Waals surface area contributed by atoms with Gasteiger partial charge in [-0.25, -0.2) is 14.7 Å². The van der Waals surface area contributed by atoms with Crippen LogP contribution in [0.15, 0.2) is 34.2 Å². The van der Waals surface area contributed by atoms with E-state index in [0.717, 1.165) is 16.5 Å². The molecule has 7 nitrogen and oxygen atoms in total. The molecule has 0 saturated heterocycles. The number of benzene rings is 1. The summed E-state index contributed by atoms with van der Waals surface area (Å²) in [4.78, 5) is 28.9. The number of aromatic amines is 1. The Labute approximate surface area is 154 Å². The summed E-state index contributed by atoms with van der Waals surface area (Å²) in [5.41, 5.74) is 2.54. The van der Waals surface area contributed by atoms with Crippen LogP contribution in [0, 0.1) is 6.92 Å². The molecule has 0 bridgehead atoms. The number of thioether (sulfide) groups is 1. The van der Waals surface area contributed by atoms with Crippen molar-refractivity contribution >= 4 is 28.6 Å². The lowest BCUT2D eigenvalue weighted by Crippen LogP contribution is -2.16. The first-order valence-corrected chi connectivity index (χ1v) is 9.38. The molecule has 0 aliphatic rings. The number of H-pyrrole nitrogens is 1. The molecule has 0 radical (unpaired) electrons. The lowest BCUT2D eigenvalue weighted by molar-refractivity contribution is 0.0524. The van der Waals surface area contributed by atoms with E-state index in [9.17, 15) is 9.59 Å². The first kappa shape index (κ1) is 18.2. The zero-order valence-electron chi connectivity index (χ0n) is 14.9. The molecule has 0 unspecified atom stereocenters. The highest BCUT2D eigenvalue weighted by molar-refractivity contribution is 7.98. The number of nitrogens with one attached hydrogen (secondary N) is 1. The van der Waals surface area contributed by atoms with Gasteiger partial charge in [0.25, 0.3) is 0 Å². The minimum Gasteiger partial charge on any atom is -0.462 e. The van der Waals surface area contributed by atoms with Crippen LogP contribution < -0.4 is 5.69 Å². The van der Waals surface area contributed by atoms with E-state index in [1.54, 1.807) is 11.5 Å². The molecule has 0 aliphatic heterocycles. The average Bonchev–Trinajstić information content (AvgIpc) is 2.99. The summed E-state index contributed by atoms with van der Waals surface area (Å²) >= 11 is 1.36. The van der Waals surface area contributed by atoms with Crippen LogP contribution in [0.25, 0.3) is 10.9 Å². The third-order valence-corrected chi connectivity index (χ3v) is 5.07. The second-order valence-electron chi connectivity index (χ2n) is 5.64. The van der Waals surface area contributed by atoms with Crippen LogP contribution >= 0.6 is 11.8 Å². The number of esters is 1. The van der Waals surface area contributed by atoms with E-state index in [4.69, 9.17) is 4.74 Å². The molecule has 2 aromatic heterocycles. The number of pyridine rings is 1. The van der Waals surface area contributed by atoms with Crippen LogP contribution in [0.5, 0.6) is 0 Å². The predicted molar refractivity (Wildman–Crippen MR) is 101 cm³/mol. The van der Waals surface area contributed by atoms with Crippen molar-refractivity contribution < 1.29 is 9.53 Å². The monoisotopic (exact) mass is 372 g/mol. The summed E-state index contributed by atoms with van der Waals surface area (Å²) in [5.74, 6) is 0.0261. The number of fused-ring (bicyclic) bond motifs is 1. The number of carbonyl (C=O) groups is 1. The highest BCUT2D eigenvalue weighted by atomic mass is 32.2. The normalized spacial score (nSPS) is 11.0. The van der Waals surface area contributed by atoms with Crippen molar-refractivity contribution in [3.8, 4) is 0 Å².